The fraction of sp³-hybridized carbons (Fsp3) is 0.292. The first kappa shape index (κ1) is 22.0. The molecule has 182 valence electrons. The molecule has 0 saturated carbocycles. The highest BCUT2D eigenvalue weighted by molar-refractivity contribution is 5.73. The van der Waals surface area contributed by atoms with Gasteiger partial charge in [-0.3, -0.25) is 4.40 Å². The highest BCUT2D eigenvalue weighted by Crippen LogP contribution is 2.31. The van der Waals surface area contributed by atoms with Crippen LogP contribution in [-0.4, -0.2) is 57.6 Å². The summed E-state index contributed by atoms with van der Waals surface area (Å²) in [5.41, 5.74) is 2.76. The number of benzene rings is 1. The molecule has 0 atom stereocenters. The monoisotopic (exact) mass is 485 g/mol. The summed E-state index contributed by atoms with van der Waals surface area (Å²) in [6, 6.07) is 4.74. The Labute approximate surface area is 206 Å². The van der Waals surface area contributed by atoms with Crippen LogP contribution in [0.5, 0.6) is 0 Å². The second-order valence-corrected chi connectivity index (χ2v) is 8.70. The molecule has 1 aliphatic heterocycles. The Hall–Kier alpha value is -4.48. The van der Waals surface area contributed by atoms with E-state index >= 15 is 0 Å². The fourth-order valence-electron chi connectivity index (χ4n) is 4.53. The predicted octanol–water partition coefficient (Wildman–Crippen LogP) is 3.32. The van der Waals surface area contributed by atoms with Crippen LogP contribution < -0.4 is 10.2 Å². The van der Waals surface area contributed by atoms with Crippen LogP contribution in [0.1, 0.15) is 37.1 Å². The third-order valence-corrected chi connectivity index (χ3v) is 6.55. The molecule has 1 aliphatic rings. The number of piperidine rings is 1. The Morgan fingerprint density at radius 3 is 2.61 bits per heavy atom. The minimum atomic E-state index is -0.437. The number of aryl methyl sites for hydroxylation is 1. The van der Waals surface area contributed by atoms with Crippen molar-refractivity contribution < 1.29 is 4.39 Å². The van der Waals surface area contributed by atoms with Crippen molar-refractivity contribution in [2.45, 2.75) is 32.1 Å². The Balaban J connectivity index is 1.19. The predicted molar refractivity (Wildman–Crippen MR) is 131 cm³/mol. The molecule has 36 heavy (non-hydrogen) atoms. The molecule has 12 heteroatoms. The highest BCUT2D eigenvalue weighted by atomic mass is 19.1. The summed E-state index contributed by atoms with van der Waals surface area (Å²) >= 11 is 0. The minimum absolute atomic E-state index is 0.293. The van der Waals surface area contributed by atoms with E-state index in [1.165, 1.54) is 17.1 Å². The molecule has 1 aromatic carbocycles. The number of rotatable bonds is 6. The molecule has 0 aliphatic carbocycles. The molecule has 0 bridgehead atoms. The van der Waals surface area contributed by atoms with Gasteiger partial charge >= 0.3 is 0 Å². The zero-order valence-corrected chi connectivity index (χ0v) is 19.7. The van der Waals surface area contributed by atoms with E-state index in [0.29, 0.717) is 23.1 Å². The van der Waals surface area contributed by atoms with E-state index in [0.717, 1.165) is 55.2 Å². The van der Waals surface area contributed by atoms with Crippen LogP contribution in [0.15, 0.2) is 55.5 Å². The van der Waals surface area contributed by atoms with Crippen molar-refractivity contribution in [2.24, 2.45) is 0 Å². The number of imidazole rings is 1. The van der Waals surface area contributed by atoms with Crippen molar-refractivity contribution in [1.29, 1.82) is 0 Å². The van der Waals surface area contributed by atoms with Crippen LogP contribution in [0.25, 0.3) is 11.2 Å². The lowest BCUT2D eigenvalue weighted by Crippen LogP contribution is -2.34. The van der Waals surface area contributed by atoms with Crippen LogP contribution in [0.4, 0.5) is 21.8 Å². The van der Waals surface area contributed by atoms with Gasteiger partial charge < -0.3 is 10.2 Å². The van der Waals surface area contributed by atoms with Gasteiger partial charge in [0.05, 0.1) is 17.6 Å². The Morgan fingerprint density at radius 1 is 1.06 bits per heavy atom. The lowest BCUT2D eigenvalue weighted by molar-refractivity contribution is 0.479. The quantitative estimate of drug-likeness (QED) is 0.387. The smallest absolute Gasteiger partial charge is 0.225 e. The van der Waals surface area contributed by atoms with Crippen molar-refractivity contribution >= 4 is 23.0 Å². The number of fused-ring (bicyclic) bond motifs is 1. The highest BCUT2D eigenvalue weighted by Gasteiger charge is 2.25. The zero-order chi connectivity index (χ0) is 24.5. The molecule has 5 aromatic rings. The van der Waals surface area contributed by atoms with E-state index in [1.54, 1.807) is 24.5 Å². The Bertz CT molecular complexity index is 1470. The number of hydrogen-bond donors (Lipinski definition) is 1. The molecule has 0 radical (unpaired) electrons. The topological polar surface area (TPSA) is 115 Å². The van der Waals surface area contributed by atoms with Gasteiger partial charge in [-0.1, -0.05) is 6.92 Å². The van der Waals surface area contributed by atoms with Gasteiger partial charge in [-0.05, 0) is 47.4 Å². The van der Waals surface area contributed by atoms with Crippen molar-refractivity contribution in [3.8, 4) is 5.69 Å². The third-order valence-electron chi connectivity index (χ3n) is 6.55. The average Bonchev–Trinajstić information content (AvgIpc) is 3.61. The van der Waals surface area contributed by atoms with Crippen LogP contribution in [0, 0.1) is 5.82 Å². The number of halogens is 1. The van der Waals surface area contributed by atoms with E-state index in [4.69, 9.17) is 4.98 Å². The second kappa shape index (κ2) is 9.29. The maximum absolute atomic E-state index is 14.8. The number of hydrogen-bond acceptors (Lipinski definition) is 9. The molecule has 0 spiro atoms. The zero-order valence-electron chi connectivity index (χ0n) is 19.7. The number of anilines is 3. The number of nitrogens with zero attached hydrogens (tertiary/aromatic N) is 10. The van der Waals surface area contributed by atoms with Crippen LogP contribution >= 0.6 is 0 Å². The molecule has 5 heterocycles. The fourth-order valence-corrected chi connectivity index (χ4v) is 4.53. The SMILES string of the molecule is CCc1cnc(N2CCC(c3ncc4c(Nc5ccc(-n6cnnn6)cc5F)nccn34)CC2)nc1. The molecule has 0 amide bonds. The standard InChI is InChI=1S/C24H24FN11/c1-2-16-12-28-24(29-13-16)34-8-5-17(6-9-34)23-27-14-21-22(26-7-10-35(21)23)31-20-4-3-18(11-19(20)25)36-15-30-32-33-36/h3-4,7,10-15,17H,2,5-6,8-9H2,1H3,(H,26,31). The lowest BCUT2D eigenvalue weighted by atomic mass is 9.96. The first-order valence-electron chi connectivity index (χ1n) is 11.9. The van der Waals surface area contributed by atoms with Crippen LogP contribution in [0.2, 0.25) is 0 Å². The number of tetrazole rings is 1. The van der Waals surface area contributed by atoms with Gasteiger partial charge in [0.25, 0.3) is 0 Å². The van der Waals surface area contributed by atoms with Crippen molar-refractivity contribution in [2.75, 3.05) is 23.3 Å². The maximum Gasteiger partial charge on any atom is 0.225 e. The molecular weight excluding hydrogens is 461 g/mol. The molecular formula is C24H24FN11. The van der Waals surface area contributed by atoms with Gasteiger partial charge in [0, 0.05) is 49.9 Å². The largest absolute Gasteiger partial charge is 0.341 e. The van der Waals surface area contributed by atoms with Crippen molar-refractivity contribution in [3.05, 3.63) is 72.7 Å². The maximum atomic E-state index is 14.8. The molecule has 11 nitrogen and oxygen atoms in total. The van der Waals surface area contributed by atoms with E-state index in [2.05, 4.69) is 47.6 Å². The van der Waals surface area contributed by atoms with Gasteiger partial charge in [0.2, 0.25) is 5.95 Å². The normalized spacial score (nSPS) is 14.4. The molecule has 0 unspecified atom stereocenters. The summed E-state index contributed by atoms with van der Waals surface area (Å²) < 4.78 is 18.3. The lowest BCUT2D eigenvalue weighted by Gasteiger charge is -2.31. The summed E-state index contributed by atoms with van der Waals surface area (Å²) in [4.78, 5) is 20.4. The summed E-state index contributed by atoms with van der Waals surface area (Å²) in [5, 5.41) is 14.1. The van der Waals surface area contributed by atoms with E-state index in [1.807, 2.05) is 23.0 Å². The first-order chi connectivity index (χ1) is 17.7. The average molecular weight is 486 g/mol. The third kappa shape index (κ3) is 4.10. The molecule has 1 saturated heterocycles. The van der Waals surface area contributed by atoms with Crippen molar-refractivity contribution in [1.82, 2.24) is 44.5 Å². The summed E-state index contributed by atoms with van der Waals surface area (Å²) in [7, 11) is 0. The van der Waals surface area contributed by atoms with E-state index in [9.17, 15) is 4.39 Å². The van der Waals surface area contributed by atoms with E-state index < -0.39 is 5.82 Å². The molecule has 6 rings (SSSR count). The van der Waals surface area contributed by atoms with Crippen molar-refractivity contribution in [3.63, 3.8) is 0 Å². The van der Waals surface area contributed by atoms with Gasteiger partial charge in [0.1, 0.15) is 23.5 Å². The Kier molecular flexibility index (Phi) is 5.68. The second-order valence-electron chi connectivity index (χ2n) is 8.70. The summed E-state index contributed by atoms with van der Waals surface area (Å²) in [6.45, 7) is 3.82. The molecule has 1 N–H and O–H groups in total. The van der Waals surface area contributed by atoms with Crippen LogP contribution in [0.3, 0.4) is 0 Å². The summed E-state index contributed by atoms with van der Waals surface area (Å²) in [6.07, 6.45) is 13.4. The first-order valence-corrected chi connectivity index (χ1v) is 11.9. The van der Waals surface area contributed by atoms with Gasteiger partial charge in [0.15, 0.2) is 5.82 Å². The number of nitrogens with one attached hydrogen (secondary N) is 1. The summed E-state index contributed by atoms with van der Waals surface area (Å²) in [5.74, 6) is 2.15. The van der Waals surface area contributed by atoms with Crippen LogP contribution in [-0.2, 0) is 6.42 Å². The van der Waals surface area contributed by atoms with Gasteiger partial charge in [-0.25, -0.2) is 29.0 Å². The number of aromatic nitrogens is 9. The van der Waals surface area contributed by atoms with E-state index in [-0.39, 0.29) is 0 Å². The molecule has 1 fully saturated rings. The van der Waals surface area contributed by atoms with Gasteiger partial charge in [-0.2, -0.15) is 0 Å². The molecule has 4 aromatic heterocycles. The minimum Gasteiger partial charge on any atom is -0.341 e. The van der Waals surface area contributed by atoms with Gasteiger partial charge in [-0.15, -0.1) is 5.10 Å². The Morgan fingerprint density at radius 2 is 1.89 bits per heavy atom.